The number of nitrogens with zero attached hydrogens (tertiary/aromatic N) is 1. The predicted octanol–water partition coefficient (Wildman–Crippen LogP) is 1.71. The summed E-state index contributed by atoms with van der Waals surface area (Å²) >= 11 is 1.90. The molecule has 3 heteroatoms. The molecule has 1 unspecified atom stereocenters. The lowest BCUT2D eigenvalue weighted by atomic mass is 10.1. The molecule has 1 aromatic heterocycles. The average Bonchev–Trinajstić information content (AvgIpc) is 2.64. The van der Waals surface area contributed by atoms with E-state index in [9.17, 15) is 0 Å². The van der Waals surface area contributed by atoms with Crippen LogP contribution in [0.15, 0.2) is 11.4 Å². The molecule has 0 saturated heterocycles. The van der Waals surface area contributed by atoms with Gasteiger partial charge < -0.3 is 5.32 Å². The van der Waals surface area contributed by atoms with E-state index in [1.165, 1.54) is 13.0 Å². The lowest BCUT2D eigenvalue weighted by Crippen LogP contribution is -2.39. The van der Waals surface area contributed by atoms with Gasteiger partial charge in [0.1, 0.15) is 0 Å². The van der Waals surface area contributed by atoms with Crippen molar-refractivity contribution >= 4 is 11.3 Å². The third-order valence-electron chi connectivity index (χ3n) is 2.93. The van der Waals surface area contributed by atoms with Gasteiger partial charge >= 0.3 is 0 Å². The van der Waals surface area contributed by atoms with E-state index < -0.39 is 0 Å². The molecule has 0 amide bonds. The molecule has 78 valence electrons. The first-order valence-corrected chi connectivity index (χ1v) is 6.12. The number of rotatable bonds is 3. The predicted molar refractivity (Wildman–Crippen MR) is 61.8 cm³/mol. The number of hydrogen-bond acceptors (Lipinski definition) is 3. The van der Waals surface area contributed by atoms with Crippen molar-refractivity contribution in [3.63, 3.8) is 0 Å². The first-order chi connectivity index (χ1) is 6.79. The fourth-order valence-electron chi connectivity index (χ4n) is 1.92. The molecule has 1 aliphatic heterocycles. The van der Waals surface area contributed by atoms with Crippen LogP contribution in [-0.2, 0) is 13.0 Å². The van der Waals surface area contributed by atoms with Crippen molar-refractivity contribution in [1.82, 2.24) is 10.2 Å². The van der Waals surface area contributed by atoms with Crippen LogP contribution >= 0.6 is 11.3 Å². The summed E-state index contributed by atoms with van der Waals surface area (Å²) in [5, 5.41) is 5.51. The molecule has 1 atom stereocenters. The normalized spacial score (nSPS) is 19.3. The van der Waals surface area contributed by atoms with Crippen molar-refractivity contribution in [2.24, 2.45) is 0 Å². The monoisotopic (exact) mass is 210 g/mol. The summed E-state index contributed by atoms with van der Waals surface area (Å²) in [4.78, 5) is 4.11. The maximum absolute atomic E-state index is 3.29. The summed E-state index contributed by atoms with van der Waals surface area (Å²) in [6.45, 7) is 5.77. The highest BCUT2D eigenvalue weighted by Gasteiger charge is 2.17. The highest BCUT2D eigenvalue weighted by molar-refractivity contribution is 7.10. The Morgan fingerprint density at radius 3 is 3.29 bits per heavy atom. The van der Waals surface area contributed by atoms with Crippen LogP contribution in [0.5, 0.6) is 0 Å². The molecule has 0 radical (unpaired) electrons. The van der Waals surface area contributed by atoms with Crippen molar-refractivity contribution < 1.29 is 0 Å². The molecule has 1 aromatic rings. The Hall–Kier alpha value is -0.380. The highest BCUT2D eigenvalue weighted by Crippen LogP contribution is 2.23. The second kappa shape index (κ2) is 4.43. The van der Waals surface area contributed by atoms with Gasteiger partial charge in [-0.1, -0.05) is 0 Å². The Bertz CT molecular complexity index is 295. The Morgan fingerprint density at radius 2 is 2.50 bits per heavy atom. The van der Waals surface area contributed by atoms with Crippen molar-refractivity contribution in [2.45, 2.75) is 25.9 Å². The first kappa shape index (κ1) is 10.1. The summed E-state index contributed by atoms with van der Waals surface area (Å²) in [6, 6.07) is 2.87. The van der Waals surface area contributed by atoms with Crippen LogP contribution < -0.4 is 5.32 Å². The molecular weight excluding hydrogens is 192 g/mol. The number of hydrogen-bond donors (Lipinski definition) is 1. The molecule has 2 rings (SSSR count). The van der Waals surface area contributed by atoms with Gasteiger partial charge in [-0.3, -0.25) is 4.90 Å². The lowest BCUT2D eigenvalue weighted by Gasteiger charge is -2.28. The number of nitrogens with one attached hydrogen (secondary N) is 1. The van der Waals surface area contributed by atoms with Crippen LogP contribution in [0.1, 0.15) is 17.4 Å². The quantitative estimate of drug-likeness (QED) is 0.817. The van der Waals surface area contributed by atoms with E-state index in [4.69, 9.17) is 0 Å². The molecule has 14 heavy (non-hydrogen) atoms. The first-order valence-electron chi connectivity index (χ1n) is 5.24. The molecule has 0 spiro atoms. The SMILES string of the molecule is CNC(C)CN1CCc2ccsc2C1. The summed E-state index contributed by atoms with van der Waals surface area (Å²) in [5.74, 6) is 0. The van der Waals surface area contributed by atoms with Gasteiger partial charge in [-0.05, 0) is 37.4 Å². The van der Waals surface area contributed by atoms with E-state index in [2.05, 4.69) is 28.6 Å². The smallest absolute Gasteiger partial charge is 0.0331 e. The van der Waals surface area contributed by atoms with Gasteiger partial charge in [-0.2, -0.15) is 0 Å². The van der Waals surface area contributed by atoms with Crippen LogP contribution in [0, 0.1) is 0 Å². The molecule has 0 bridgehead atoms. The molecule has 0 fully saturated rings. The van der Waals surface area contributed by atoms with Crippen molar-refractivity contribution in [1.29, 1.82) is 0 Å². The third-order valence-corrected chi connectivity index (χ3v) is 3.88. The van der Waals surface area contributed by atoms with E-state index in [0.717, 1.165) is 13.1 Å². The Kier molecular flexibility index (Phi) is 3.21. The standard InChI is InChI=1S/C11H18N2S/c1-9(12-2)7-13-5-3-10-4-6-14-11(10)8-13/h4,6,9,12H,3,5,7-8H2,1-2H3. The van der Waals surface area contributed by atoms with Crippen LogP contribution in [-0.4, -0.2) is 31.1 Å². The van der Waals surface area contributed by atoms with Gasteiger partial charge in [0.05, 0.1) is 0 Å². The van der Waals surface area contributed by atoms with Gasteiger partial charge in [-0.25, -0.2) is 0 Å². The van der Waals surface area contributed by atoms with E-state index >= 15 is 0 Å². The van der Waals surface area contributed by atoms with Gasteiger partial charge in [0.15, 0.2) is 0 Å². The van der Waals surface area contributed by atoms with Crippen LogP contribution in [0.2, 0.25) is 0 Å². The molecule has 1 N–H and O–H groups in total. The molecular formula is C11H18N2S. The second-order valence-corrected chi connectivity index (χ2v) is 5.04. The Labute approximate surface area is 89.9 Å². The molecule has 2 nitrogen and oxygen atoms in total. The maximum atomic E-state index is 3.29. The zero-order chi connectivity index (χ0) is 9.97. The molecule has 0 aromatic carbocycles. The van der Waals surface area contributed by atoms with Gasteiger partial charge in [-0.15, -0.1) is 11.3 Å². The minimum absolute atomic E-state index is 0.594. The largest absolute Gasteiger partial charge is 0.316 e. The molecule has 1 aliphatic rings. The second-order valence-electron chi connectivity index (χ2n) is 4.04. The molecule has 0 aliphatic carbocycles. The van der Waals surface area contributed by atoms with E-state index in [-0.39, 0.29) is 0 Å². The van der Waals surface area contributed by atoms with Crippen LogP contribution in [0.3, 0.4) is 0 Å². The number of thiophene rings is 1. The average molecular weight is 210 g/mol. The number of likely N-dealkylation sites (N-methyl/N-ethyl adjacent to an activating group) is 1. The Balaban J connectivity index is 1.94. The van der Waals surface area contributed by atoms with Crippen molar-refractivity contribution in [3.05, 3.63) is 21.9 Å². The summed E-state index contributed by atoms with van der Waals surface area (Å²) in [6.07, 6.45) is 1.23. The highest BCUT2D eigenvalue weighted by atomic mass is 32.1. The van der Waals surface area contributed by atoms with Crippen LogP contribution in [0.25, 0.3) is 0 Å². The fraction of sp³-hybridized carbons (Fsp3) is 0.636. The minimum Gasteiger partial charge on any atom is -0.316 e. The zero-order valence-corrected chi connectivity index (χ0v) is 9.73. The Morgan fingerprint density at radius 1 is 1.64 bits per heavy atom. The third kappa shape index (κ3) is 2.16. The zero-order valence-electron chi connectivity index (χ0n) is 8.92. The van der Waals surface area contributed by atoms with Gasteiger partial charge in [0.25, 0.3) is 0 Å². The molecule has 0 saturated carbocycles. The number of fused-ring (bicyclic) bond motifs is 1. The lowest BCUT2D eigenvalue weighted by molar-refractivity contribution is 0.236. The van der Waals surface area contributed by atoms with Crippen LogP contribution in [0.4, 0.5) is 0 Å². The summed E-state index contributed by atoms with van der Waals surface area (Å²) in [5.41, 5.74) is 1.57. The van der Waals surface area contributed by atoms with E-state index in [1.54, 1.807) is 10.4 Å². The van der Waals surface area contributed by atoms with Crippen molar-refractivity contribution in [2.75, 3.05) is 20.1 Å². The molecule has 2 heterocycles. The summed E-state index contributed by atoms with van der Waals surface area (Å²) < 4.78 is 0. The maximum Gasteiger partial charge on any atom is 0.0331 e. The summed E-state index contributed by atoms with van der Waals surface area (Å²) in [7, 11) is 2.03. The van der Waals surface area contributed by atoms with E-state index in [1.807, 2.05) is 18.4 Å². The van der Waals surface area contributed by atoms with Gasteiger partial charge in [0.2, 0.25) is 0 Å². The van der Waals surface area contributed by atoms with E-state index in [0.29, 0.717) is 6.04 Å². The fourth-order valence-corrected chi connectivity index (χ4v) is 2.90. The minimum atomic E-state index is 0.594. The topological polar surface area (TPSA) is 15.3 Å². The van der Waals surface area contributed by atoms with Gasteiger partial charge in [0, 0.05) is 30.6 Å². The van der Waals surface area contributed by atoms with Crippen molar-refractivity contribution in [3.8, 4) is 0 Å².